The van der Waals surface area contributed by atoms with Gasteiger partial charge in [-0.1, -0.05) is 25.1 Å². The third-order valence-corrected chi connectivity index (χ3v) is 4.41. The summed E-state index contributed by atoms with van der Waals surface area (Å²) in [7, 11) is 3.38. The molecule has 128 valence electrons. The molecule has 2 aromatic rings. The molecule has 0 spiro atoms. The van der Waals surface area contributed by atoms with Gasteiger partial charge in [-0.25, -0.2) is 0 Å². The maximum atomic E-state index is 5.68. The van der Waals surface area contributed by atoms with E-state index in [1.54, 1.807) is 14.2 Å². The Balaban J connectivity index is 1.92. The van der Waals surface area contributed by atoms with E-state index in [0.717, 1.165) is 43.2 Å². The van der Waals surface area contributed by atoms with Gasteiger partial charge in [0.25, 0.3) is 0 Å². The van der Waals surface area contributed by atoms with E-state index in [-0.39, 0.29) is 6.04 Å². The molecule has 1 aliphatic heterocycles. The van der Waals surface area contributed by atoms with Gasteiger partial charge in [0, 0.05) is 12.1 Å². The average Bonchev–Trinajstić information content (AvgIpc) is 2.65. The molecule has 24 heavy (non-hydrogen) atoms. The second-order valence-corrected chi connectivity index (χ2v) is 5.92. The number of hydrogen-bond acceptors (Lipinski definition) is 4. The number of ether oxygens (including phenoxy) is 3. The molecular weight excluding hydrogens is 302 g/mol. The summed E-state index contributed by atoms with van der Waals surface area (Å²) >= 11 is 0. The zero-order chi connectivity index (χ0) is 16.9. The molecule has 1 unspecified atom stereocenters. The van der Waals surface area contributed by atoms with E-state index < -0.39 is 0 Å². The van der Waals surface area contributed by atoms with Crippen molar-refractivity contribution < 1.29 is 14.2 Å². The van der Waals surface area contributed by atoms with E-state index in [1.807, 2.05) is 18.2 Å². The van der Waals surface area contributed by atoms with Crippen molar-refractivity contribution in [3.63, 3.8) is 0 Å². The van der Waals surface area contributed by atoms with Gasteiger partial charge in [-0.05, 0) is 42.2 Å². The fraction of sp³-hybridized carbons (Fsp3) is 0.400. The van der Waals surface area contributed by atoms with Gasteiger partial charge >= 0.3 is 0 Å². The van der Waals surface area contributed by atoms with E-state index in [0.29, 0.717) is 0 Å². The molecule has 0 amide bonds. The minimum absolute atomic E-state index is 0.161. The summed E-state index contributed by atoms with van der Waals surface area (Å²) in [6.07, 6.45) is 1.95. The Morgan fingerprint density at radius 3 is 2.50 bits per heavy atom. The fourth-order valence-corrected chi connectivity index (χ4v) is 3.26. The second-order valence-electron chi connectivity index (χ2n) is 5.92. The quantitative estimate of drug-likeness (QED) is 0.877. The van der Waals surface area contributed by atoms with Crippen LogP contribution in [0.2, 0.25) is 0 Å². The van der Waals surface area contributed by atoms with Gasteiger partial charge in [0.15, 0.2) is 11.5 Å². The summed E-state index contributed by atoms with van der Waals surface area (Å²) in [6.45, 7) is 3.77. The van der Waals surface area contributed by atoms with Crippen LogP contribution in [0.5, 0.6) is 17.2 Å². The lowest BCUT2D eigenvalue weighted by Crippen LogP contribution is -2.30. The van der Waals surface area contributed by atoms with Crippen molar-refractivity contribution in [3.8, 4) is 17.2 Å². The predicted octanol–water partition coefficient (Wildman–Crippen LogP) is 3.73. The van der Waals surface area contributed by atoms with Gasteiger partial charge in [0.2, 0.25) is 0 Å². The first-order valence-corrected chi connectivity index (χ1v) is 8.48. The number of rotatable bonds is 6. The molecule has 3 rings (SSSR count). The van der Waals surface area contributed by atoms with Crippen LogP contribution in [-0.4, -0.2) is 27.4 Å². The first kappa shape index (κ1) is 16.7. The van der Waals surface area contributed by atoms with E-state index in [2.05, 4.69) is 30.4 Å². The number of methoxy groups -OCH3 is 2. The molecule has 4 heteroatoms. The van der Waals surface area contributed by atoms with E-state index in [4.69, 9.17) is 14.2 Å². The highest BCUT2D eigenvalue weighted by atomic mass is 16.5. The maximum absolute atomic E-state index is 5.68. The molecule has 0 saturated carbocycles. The van der Waals surface area contributed by atoms with Crippen molar-refractivity contribution in [1.29, 1.82) is 0 Å². The highest BCUT2D eigenvalue weighted by Crippen LogP contribution is 2.39. The van der Waals surface area contributed by atoms with Crippen molar-refractivity contribution in [2.45, 2.75) is 25.8 Å². The lowest BCUT2D eigenvalue weighted by molar-refractivity contribution is 0.317. The van der Waals surface area contributed by atoms with Crippen LogP contribution in [0, 0.1) is 0 Å². The SMILES string of the molecule is CCCOc1ccc(C2NCCc3c2ccc(OC)c3OC)cc1. The zero-order valence-electron chi connectivity index (χ0n) is 14.6. The number of benzene rings is 2. The summed E-state index contributed by atoms with van der Waals surface area (Å²) < 4.78 is 16.7. The third-order valence-electron chi connectivity index (χ3n) is 4.41. The lowest BCUT2D eigenvalue weighted by Gasteiger charge is -2.29. The van der Waals surface area contributed by atoms with Crippen molar-refractivity contribution in [2.75, 3.05) is 27.4 Å². The standard InChI is InChI=1S/C20H25NO3/c1-4-13-24-15-7-5-14(6-8-15)19-16-9-10-18(22-2)20(23-3)17(16)11-12-21-19/h5-10,19,21H,4,11-13H2,1-3H3. The normalized spacial score (nSPS) is 16.4. The van der Waals surface area contributed by atoms with Crippen LogP contribution in [0.4, 0.5) is 0 Å². The van der Waals surface area contributed by atoms with Gasteiger partial charge in [-0.15, -0.1) is 0 Å². The average molecular weight is 327 g/mol. The summed E-state index contributed by atoms with van der Waals surface area (Å²) in [5, 5.41) is 3.61. The van der Waals surface area contributed by atoms with Crippen LogP contribution in [0.3, 0.4) is 0 Å². The van der Waals surface area contributed by atoms with Gasteiger partial charge in [0.1, 0.15) is 5.75 Å². The first-order chi connectivity index (χ1) is 11.8. The zero-order valence-corrected chi connectivity index (χ0v) is 14.6. The van der Waals surface area contributed by atoms with Crippen LogP contribution in [0.1, 0.15) is 36.1 Å². The van der Waals surface area contributed by atoms with Crippen molar-refractivity contribution in [1.82, 2.24) is 5.32 Å². The molecule has 0 aliphatic carbocycles. The molecule has 2 aromatic carbocycles. The van der Waals surface area contributed by atoms with Gasteiger partial charge < -0.3 is 19.5 Å². The van der Waals surface area contributed by atoms with E-state index in [1.165, 1.54) is 16.7 Å². The van der Waals surface area contributed by atoms with Crippen molar-refractivity contribution in [2.24, 2.45) is 0 Å². The molecule has 0 fully saturated rings. The Hall–Kier alpha value is -2.20. The maximum Gasteiger partial charge on any atom is 0.164 e. The van der Waals surface area contributed by atoms with Crippen LogP contribution < -0.4 is 19.5 Å². The van der Waals surface area contributed by atoms with Crippen LogP contribution in [0.15, 0.2) is 36.4 Å². The minimum atomic E-state index is 0.161. The molecule has 0 bridgehead atoms. The molecule has 1 N–H and O–H groups in total. The Morgan fingerprint density at radius 1 is 1.04 bits per heavy atom. The summed E-state index contributed by atoms with van der Waals surface area (Å²) in [5.74, 6) is 2.56. The molecule has 0 aromatic heterocycles. The summed E-state index contributed by atoms with van der Waals surface area (Å²) in [6, 6.07) is 12.6. The highest BCUT2D eigenvalue weighted by Gasteiger charge is 2.25. The van der Waals surface area contributed by atoms with Crippen LogP contribution in [-0.2, 0) is 6.42 Å². The molecule has 0 saturated heterocycles. The molecule has 4 nitrogen and oxygen atoms in total. The van der Waals surface area contributed by atoms with Gasteiger partial charge in [-0.3, -0.25) is 0 Å². The highest BCUT2D eigenvalue weighted by molar-refractivity contribution is 5.54. The molecule has 0 radical (unpaired) electrons. The Bertz CT molecular complexity index is 682. The van der Waals surface area contributed by atoms with Crippen LogP contribution >= 0.6 is 0 Å². The minimum Gasteiger partial charge on any atom is -0.494 e. The van der Waals surface area contributed by atoms with Gasteiger partial charge in [0.05, 0.1) is 26.9 Å². The second kappa shape index (κ2) is 7.58. The monoisotopic (exact) mass is 327 g/mol. The lowest BCUT2D eigenvalue weighted by atomic mass is 9.89. The first-order valence-electron chi connectivity index (χ1n) is 8.48. The summed E-state index contributed by atoms with van der Waals surface area (Å²) in [4.78, 5) is 0. The third kappa shape index (κ3) is 3.20. The van der Waals surface area contributed by atoms with Crippen molar-refractivity contribution in [3.05, 3.63) is 53.1 Å². The smallest absolute Gasteiger partial charge is 0.164 e. The fourth-order valence-electron chi connectivity index (χ4n) is 3.26. The topological polar surface area (TPSA) is 39.7 Å². The number of nitrogens with one attached hydrogen (secondary N) is 1. The molecular formula is C20H25NO3. The Kier molecular flexibility index (Phi) is 5.26. The number of hydrogen-bond donors (Lipinski definition) is 1. The van der Waals surface area contributed by atoms with E-state index >= 15 is 0 Å². The largest absolute Gasteiger partial charge is 0.494 e. The molecule has 1 heterocycles. The molecule has 1 aliphatic rings. The van der Waals surface area contributed by atoms with Gasteiger partial charge in [-0.2, -0.15) is 0 Å². The van der Waals surface area contributed by atoms with Crippen molar-refractivity contribution >= 4 is 0 Å². The molecule has 1 atom stereocenters. The Labute approximate surface area is 143 Å². The summed E-state index contributed by atoms with van der Waals surface area (Å²) in [5.41, 5.74) is 3.71. The van der Waals surface area contributed by atoms with Crippen LogP contribution in [0.25, 0.3) is 0 Å². The van der Waals surface area contributed by atoms with E-state index in [9.17, 15) is 0 Å². The Morgan fingerprint density at radius 2 is 1.83 bits per heavy atom. The number of fused-ring (bicyclic) bond motifs is 1. The predicted molar refractivity (Wildman–Crippen MR) is 95.3 cm³/mol.